The Hall–Kier alpha value is -0.240. The zero-order valence-electron chi connectivity index (χ0n) is 21.8. The quantitative estimate of drug-likeness (QED) is 0.0709. The Balaban J connectivity index is 3.62. The van der Waals surface area contributed by atoms with Crippen LogP contribution in [0.3, 0.4) is 0 Å². The highest BCUT2D eigenvalue weighted by Crippen LogP contribution is 2.45. The summed E-state index contributed by atoms with van der Waals surface area (Å²) in [6, 6.07) is 0. The summed E-state index contributed by atoms with van der Waals surface area (Å²) < 4.78 is 12.6. The lowest BCUT2D eigenvalue weighted by atomic mass is 9.99. The third-order valence-electron chi connectivity index (χ3n) is 6.81. The molecule has 0 aromatic heterocycles. The number of rotatable bonds is 22. The second kappa shape index (κ2) is 19.2. The van der Waals surface area contributed by atoms with E-state index in [0.717, 1.165) is 25.7 Å². The summed E-state index contributed by atoms with van der Waals surface area (Å²) in [7, 11) is 3.69. The van der Waals surface area contributed by atoms with Crippen LogP contribution in [0.4, 0.5) is 0 Å². The van der Waals surface area contributed by atoms with Gasteiger partial charge < -0.3 is 4.89 Å². The zero-order valence-corrected chi connectivity index (χ0v) is 22.7. The third-order valence-corrected chi connectivity index (χ3v) is 8.54. The molecule has 0 aromatic carbocycles. The Morgan fingerprint density at radius 3 is 1.45 bits per heavy atom. The SMILES string of the molecule is CCC/C=C\CCCCCCCCCCCCCCCC(CCC)([P+](=O)[O-])[N+](C)(C)C. The van der Waals surface area contributed by atoms with E-state index in [9.17, 15) is 9.46 Å². The van der Waals surface area contributed by atoms with Gasteiger partial charge in [-0.15, -0.1) is 0 Å². The summed E-state index contributed by atoms with van der Waals surface area (Å²) in [6.45, 7) is 4.33. The molecule has 31 heavy (non-hydrogen) atoms. The highest BCUT2D eigenvalue weighted by atomic mass is 31.1. The maximum Gasteiger partial charge on any atom is 0.376 e. The van der Waals surface area contributed by atoms with Gasteiger partial charge >= 0.3 is 8.03 Å². The lowest BCUT2D eigenvalue weighted by Gasteiger charge is -2.39. The van der Waals surface area contributed by atoms with Crippen LogP contribution in [0.5, 0.6) is 0 Å². The Labute approximate surface area is 196 Å². The summed E-state index contributed by atoms with van der Waals surface area (Å²) in [5.74, 6) is 0. The van der Waals surface area contributed by atoms with Crippen LogP contribution in [0.25, 0.3) is 0 Å². The van der Waals surface area contributed by atoms with Gasteiger partial charge in [0.05, 0.1) is 21.1 Å². The minimum Gasteiger partial charge on any atom is -0.590 e. The fraction of sp³-hybridized carbons (Fsp3) is 0.926. The van der Waals surface area contributed by atoms with Crippen molar-refractivity contribution in [2.45, 2.75) is 141 Å². The number of hydrogen-bond acceptors (Lipinski definition) is 2. The molecule has 0 aliphatic rings. The first-order valence-corrected chi connectivity index (χ1v) is 14.6. The summed E-state index contributed by atoms with van der Waals surface area (Å²) >= 11 is 0. The monoisotopic (exact) mass is 456 g/mol. The van der Waals surface area contributed by atoms with E-state index in [1.165, 1.54) is 96.3 Å². The molecule has 0 saturated heterocycles. The smallest absolute Gasteiger partial charge is 0.376 e. The van der Waals surface area contributed by atoms with Crippen molar-refractivity contribution in [3.8, 4) is 0 Å². The van der Waals surface area contributed by atoms with Gasteiger partial charge in [-0.1, -0.05) is 108 Å². The van der Waals surface area contributed by atoms with E-state index in [1.54, 1.807) is 0 Å². The Bertz CT molecular complexity index is 459. The molecule has 2 unspecified atom stereocenters. The maximum atomic E-state index is 12.1. The van der Waals surface area contributed by atoms with Crippen LogP contribution in [0.1, 0.15) is 136 Å². The molecule has 0 aliphatic carbocycles. The molecule has 3 nitrogen and oxygen atoms in total. The van der Waals surface area contributed by atoms with Crippen LogP contribution in [0, 0.1) is 0 Å². The van der Waals surface area contributed by atoms with E-state index in [2.05, 4.69) is 26.0 Å². The topological polar surface area (TPSA) is 40.1 Å². The van der Waals surface area contributed by atoms with Crippen molar-refractivity contribution in [1.82, 2.24) is 0 Å². The zero-order chi connectivity index (χ0) is 23.4. The summed E-state index contributed by atoms with van der Waals surface area (Å²) in [6.07, 6.45) is 28.2. The average Bonchev–Trinajstić information content (AvgIpc) is 2.71. The lowest BCUT2D eigenvalue weighted by Crippen LogP contribution is -2.55. The van der Waals surface area contributed by atoms with Crippen LogP contribution in [-0.4, -0.2) is 30.9 Å². The molecule has 0 saturated carbocycles. The fourth-order valence-electron chi connectivity index (χ4n) is 4.64. The molecule has 4 heteroatoms. The van der Waals surface area contributed by atoms with Gasteiger partial charge in [-0.05, 0) is 32.1 Å². The Morgan fingerprint density at radius 2 is 1.06 bits per heavy atom. The van der Waals surface area contributed by atoms with Crippen molar-refractivity contribution in [3.63, 3.8) is 0 Å². The first-order valence-electron chi connectivity index (χ1n) is 13.4. The van der Waals surface area contributed by atoms with Crippen molar-refractivity contribution in [1.29, 1.82) is 0 Å². The van der Waals surface area contributed by atoms with Gasteiger partial charge in [0.15, 0.2) is 0 Å². The van der Waals surface area contributed by atoms with E-state index in [0.29, 0.717) is 4.48 Å². The van der Waals surface area contributed by atoms with Gasteiger partial charge in [0, 0.05) is 12.8 Å². The second-order valence-electron chi connectivity index (χ2n) is 10.4. The first-order chi connectivity index (χ1) is 14.8. The van der Waals surface area contributed by atoms with Gasteiger partial charge in [0.2, 0.25) is 0 Å². The molecule has 0 spiro atoms. The van der Waals surface area contributed by atoms with Crippen LogP contribution in [0.2, 0.25) is 0 Å². The Morgan fingerprint density at radius 1 is 0.645 bits per heavy atom. The van der Waals surface area contributed by atoms with E-state index in [-0.39, 0.29) is 0 Å². The largest absolute Gasteiger partial charge is 0.590 e. The highest BCUT2D eigenvalue weighted by molar-refractivity contribution is 7.38. The average molecular weight is 457 g/mol. The van der Waals surface area contributed by atoms with Crippen molar-refractivity contribution in [2.24, 2.45) is 0 Å². The minimum atomic E-state index is -2.42. The molecular formula is C27H55NO2P+. The van der Waals surface area contributed by atoms with Gasteiger partial charge in [0.1, 0.15) is 0 Å². The van der Waals surface area contributed by atoms with Crippen LogP contribution < -0.4 is 4.89 Å². The van der Waals surface area contributed by atoms with E-state index >= 15 is 0 Å². The minimum absolute atomic E-state index is 0.523. The van der Waals surface area contributed by atoms with Crippen LogP contribution in [0.15, 0.2) is 12.2 Å². The molecule has 0 aromatic rings. The summed E-state index contributed by atoms with van der Waals surface area (Å²) in [4.78, 5) is 12.1. The molecule has 2 atom stereocenters. The highest BCUT2D eigenvalue weighted by Gasteiger charge is 2.53. The predicted molar refractivity (Wildman–Crippen MR) is 137 cm³/mol. The molecule has 0 aliphatic heterocycles. The fourth-order valence-corrected chi connectivity index (χ4v) is 5.88. The molecule has 184 valence electrons. The normalized spacial score (nSPS) is 14.8. The predicted octanol–water partition coefficient (Wildman–Crippen LogP) is 8.50. The van der Waals surface area contributed by atoms with E-state index < -0.39 is 13.3 Å². The van der Waals surface area contributed by atoms with Gasteiger partial charge in [-0.25, -0.2) is 0 Å². The summed E-state index contributed by atoms with van der Waals surface area (Å²) in [5.41, 5.74) is 0. The Kier molecular flexibility index (Phi) is 19.1. The van der Waals surface area contributed by atoms with Crippen molar-refractivity contribution in [2.75, 3.05) is 21.1 Å². The van der Waals surface area contributed by atoms with Crippen molar-refractivity contribution < 1.29 is 13.9 Å². The molecule has 0 rings (SSSR count). The molecule has 0 radical (unpaired) electrons. The molecule has 0 fully saturated rings. The maximum absolute atomic E-state index is 12.1. The standard InChI is InChI=1S/C27H55NO2P/c1-6-8-9-10-11-12-13-14-15-16-17-18-19-20-21-22-23-24-26-27(25-7-2,31(29)30)28(3,4)5/h9-10H,6-8,11-26H2,1-5H3/q+1/b10-9-. The molecule has 0 amide bonds. The lowest BCUT2D eigenvalue weighted by molar-refractivity contribution is -0.910. The number of quaternary nitrogens is 1. The van der Waals surface area contributed by atoms with Gasteiger partial charge in [-0.2, -0.15) is 0 Å². The first kappa shape index (κ1) is 30.8. The van der Waals surface area contributed by atoms with Crippen LogP contribution >= 0.6 is 8.03 Å². The number of nitrogens with zero attached hydrogens (tertiary/aromatic N) is 1. The molecule has 0 heterocycles. The molecular weight excluding hydrogens is 401 g/mol. The molecule has 0 bridgehead atoms. The number of unbranched alkanes of at least 4 members (excludes halogenated alkanes) is 14. The summed E-state index contributed by atoms with van der Waals surface area (Å²) in [5, 5.41) is -0.587. The number of hydrogen-bond donors (Lipinski definition) is 0. The second-order valence-corrected chi connectivity index (χ2v) is 11.7. The van der Waals surface area contributed by atoms with Gasteiger partial charge in [-0.3, -0.25) is 4.48 Å². The van der Waals surface area contributed by atoms with E-state index in [4.69, 9.17) is 0 Å². The third kappa shape index (κ3) is 14.5. The van der Waals surface area contributed by atoms with Crippen LogP contribution in [-0.2, 0) is 4.57 Å². The molecule has 0 N–H and O–H groups in total. The van der Waals surface area contributed by atoms with E-state index in [1.807, 2.05) is 21.1 Å². The number of allylic oxidation sites excluding steroid dienone is 2. The van der Waals surface area contributed by atoms with Gasteiger partial charge in [0.25, 0.3) is 5.28 Å². The van der Waals surface area contributed by atoms with Crippen molar-refractivity contribution in [3.05, 3.63) is 12.2 Å². The van der Waals surface area contributed by atoms with Crippen molar-refractivity contribution >= 4 is 8.03 Å².